The number of rotatable bonds is 3. The molecule has 0 spiro atoms. The van der Waals surface area contributed by atoms with Gasteiger partial charge in [0.25, 0.3) is 0 Å². The number of aryl methyl sites for hydroxylation is 1. The normalized spacial score (nSPS) is 10.9. The summed E-state index contributed by atoms with van der Waals surface area (Å²) in [5.41, 5.74) is 5.11. The van der Waals surface area contributed by atoms with Crippen molar-refractivity contribution in [3.05, 3.63) is 70.9 Å². The van der Waals surface area contributed by atoms with E-state index in [9.17, 15) is 4.79 Å². The predicted octanol–water partition coefficient (Wildman–Crippen LogP) is 4.28. The Bertz CT molecular complexity index is 1160. The Balaban J connectivity index is 1.60. The van der Waals surface area contributed by atoms with Gasteiger partial charge in [-0.15, -0.1) is 0 Å². The van der Waals surface area contributed by atoms with E-state index in [1.165, 1.54) is 0 Å². The Morgan fingerprint density at radius 1 is 1.19 bits per heavy atom. The molecule has 7 heteroatoms. The molecule has 0 saturated heterocycles. The molecule has 2 heterocycles. The molecule has 0 aliphatic rings. The van der Waals surface area contributed by atoms with Gasteiger partial charge in [-0.05, 0) is 12.1 Å². The van der Waals surface area contributed by atoms with Crippen LogP contribution in [0.4, 0.5) is 5.82 Å². The number of benzene rings is 2. The maximum atomic E-state index is 12.3. The molecular weight excluding hydrogens is 439 g/mol. The third-order valence-corrected chi connectivity index (χ3v) is 5.12. The van der Waals surface area contributed by atoms with Gasteiger partial charge >= 0.3 is 141 Å². The molecule has 1 N–H and O–H groups in total. The number of hydrogen-bond acceptors (Lipinski definition) is 4. The Kier molecular flexibility index (Phi) is 5.09. The van der Waals surface area contributed by atoms with Crippen LogP contribution in [0.5, 0.6) is 0 Å². The number of hydrogen-bond donors (Lipinski definition) is 1. The molecule has 130 valence electrons. The molecule has 5 nitrogen and oxygen atoms in total. The van der Waals surface area contributed by atoms with Crippen molar-refractivity contribution in [3.8, 4) is 11.1 Å². The molecular formula is C20H13ClN3O2Y. The number of fused-ring (bicyclic) bond motifs is 1. The molecule has 0 aliphatic carbocycles. The van der Waals surface area contributed by atoms with E-state index in [0.717, 1.165) is 61.4 Å². The van der Waals surface area contributed by atoms with Gasteiger partial charge in [0.1, 0.15) is 0 Å². The molecule has 27 heavy (non-hydrogen) atoms. The number of oxazole rings is 1. The first-order chi connectivity index (χ1) is 13.0. The third kappa shape index (κ3) is 3.81. The minimum absolute atomic E-state index is 0.292. The molecule has 0 saturated carbocycles. The fraction of sp³-hybridized carbons (Fsp3) is 0.0500. The summed E-state index contributed by atoms with van der Waals surface area (Å²) in [6, 6.07) is 14.6. The van der Waals surface area contributed by atoms with Crippen LogP contribution in [0.1, 0.15) is 15.9 Å². The molecule has 0 aliphatic heterocycles. The standard InChI is InChI=1S/C20H13ClN3O2.Y/c1-12-8-17-18(26-11-23-17)9-15(12)13-6-7-19(22-10-13)24-20(25)14-4-2-3-5-16(14)21;/h2-10H,1H3,(H,22,24,25);. The van der Waals surface area contributed by atoms with Gasteiger partial charge in [-0.3, -0.25) is 0 Å². The topological polar surface area (TPSA) is 68.0 Å². The van der Waals surface area contributed by atoms with Gasteiger partial charge in [0.05, 0.1) is 5.02 Å². The van der Waals surface area contributed by atoms with Crippen LogP contribution in [-0.2, 0) is 31.0 Å². The Morgan fingerprint density at radius 2 is 2.00 bits per heavy atom. The van der Waals surface area contributed by atoms with Crippen LogP contribution >= 0.6 is 11.6 Å². The van der Waals surface area contributed by atoms with E-state index < -0.39 is 0 Å². The van der Waals surface area contributed by atoms with Gasteiger partial charge in [0.15, 0.2) is 0 Å². The van der Waals surface area contributed by atoms with Crippen LogP contribution < -0.4 is 8.02 Å². The predicted molar refractivity (Wildman–Crippen MR) is 101 cm³/mol. The fourth-order valence-electron chi connectivity index (χ4n) is 2.86. The van der Waals surface area contributed by atoms with Gasteiger partial charge in [-0.25, -0.2) is 0 Å². The average Bonchev–Trinajstić information content (AvgIpc) is 3.01. The molecule has 4 aromatic rings. The number of pyridine rings is 1. The van der Waals surface area contributed by atoms with Crippen LogP contribution in [0.3, 0.4) is 0 Å². The zero-order valence-electron chi connectivity index (χ0n) is 14.4. The van der Waals surface area contributed by atoms with Crippen molar-refractivity contribution in [1.82, 2.24) is 9.97 Å². The number of amides is 1. The van der Waals surface area contributed by atoms with Crippen molar-refractivity contribution in [1.29, 1.82) is 0 Å². The minimum atomic E-state index is -0.292. The number of nitrogens with one attached hydrogen (secondary N) is 1. The summed E-state index contributed by atoms with van der Waals surface area (Å²) in [5, 5.41) is 3.17. The van der Waals surface area contributed by atoms with Gasteiger partial charge in [0.2, 0.25) is 0 Å². The summed E-state index contributed by atoms with van der Waals surface area (Å²) in [6.45, 7) is 2.03. The van der Waals surface area contributed by atoms with Gasteiger partial charge in [-0.1, -0.05) is 23.7 Å². The summed E-state index contributed by atoms with van der Waals surface area (Å²) < 4.78 is 6.44. The average molecular weight is 452 g/mol. The van der Waals surface area contributed by atoms with Crippen LogP contribution in [0.15, 0.2) is 59.1 Å². The van der Waals surface area contributed by atoms with E-state index in [1.807, 2.05) is 25.1 Å². The van der Waals surface area contributed by atoms with Crippen molar-refractivity contribution < 1.29 is 40.2 Å². The van der Waals surface area contributed by atoms with E-state index >= 15 is 0 Å². The molecule has 0 radical (unpaired) electrons. The molecule has 0 atom stereocenters. The van der Waals surface area contributed by atoms with E-state index in [2.05, 4.69) is 15.3 Å². The zero-order chi connectivity index (χ0) is 19.0. The number of nitrogens with zero attached hydrogens (tertiary/aromatic N) is 2. The SMILES string of the molecule is Cc1cc2n[c]([Y])oc2cc1-c1ccc(NC(=O)c2ccccc2Cl)nc1. The Morgan fingerprint density at radius 3 is 2.74 bits per heavy atom. The molecule has 4 rings (SSSR count). The fourth-order valence-corrected chi connectivity index (χ4v) is 3.74. The van der Waals surface area contributed by atoms with Crippen molar-refractivity contribution in [2.75, 3.05) is 5.32 Å². The number of carbonyl (C=O) groups excluding carboxylic acids is 1. The van der Waals surface area contributed by atoms with Crippen LogP contribution in [0.2, 0.25) is 5.02 Å². The number of halogens is 1. The van der Waals surface area contributed by atoms with Gasteiger partial charge in [0, 0.05) is 0 Å². The van der Waals surface area contributed by atoms with Crippen LogP contribution in [-0.4, -0.2) is 15.9 Å². The number of anilines is 1. The first-order valence-electron chi connectivity index (χ1n) is 8.20. The third-order valence-electron chi connectivity index (χ3n) is 4.19. The second kappa shape index (κ2) is 7.51. The van der Waals surface area contributed by atoms with E-state index in [4.69, 9.17) is 16.0 Å². The summed E-state index contributed by atoms with van der Waals surface area (Å²) >= 11 is 6.91. The Labute approximate surface area is 180 Å². The van der Waals surface area contributed by atoms with E-state index in [-0.39, 0.29) is 5.91 Å². The molecule has 0 fully saturated rings. The number of aromatic nitrogens is 2. The van der Waals surface area contributed by atoms with Crippen molar-refractivity contribution in [2.24, 2.45) is 0 Å². The number of carbonyl (C=O) groups is 1. The summed E-state index contributed by atoms with van der Waals surface area (Å²) in [4.78, 5) is 21.1. The molecule has 0 bridgehead atoms. The van der Waals surface area contributed by atoms with Crippen molar-refractivity contribution in [2.45, 2.75) is 6.92 Å². The second-order valence-corrected chi connectivity index (χ2v) is 7.67. The summed E-state index contributed by atoms with van der Waals surface area (Å²) in [5.74, 6) is 0.169. The molecule has 1 amide bonds. The van der Waals surface area contributed by atoms with Gasteiger partial charge in [-0.2, -0.15) is 0 Å². The van der Waals surface area contributed by atoms with Crippen molar-refractivity contribution >= 4 is 37.1 Å². The van der Waals surface area contributed by atoms with E-state index in [1.54, 1.807) is 36.5 Å². The van der Waals surface area contributed by atoms with Crippen LogP contribution in [0.25, 0.3) is 22.2 Å². The van der Waals surface area contributed by atoms with Crippen LogP contribution in [0, 0.1) is 6.92 Å². The summed E-state index contributed by atoms with van der Waals surface area (Å²) in [6.07, 6.45) is 1.73. The molecule has 0 unspecified atom stereocenters. The monoisotopic (exact) mass is 451 g/mol. The first kappa shape index (κ1) is 18.3. The maximum absolute atomic E-state index is 12.3. The summed E-state index contributed by atoms with van der Waals surface area (Å²) in [7, 11) is 0. The quantitative estimate of drug-likeness (QED) is 0.505. The zero-order valence-corrected chi connectivity index (χ0v) is 18.0. The van der Waals surface area contributed by atoms with Crippen molar-refractivity contribution in [3.63, 3.8) is 0 Å². The van der Waals surface area contributed by atoms with E-state index in [0.29, 0.717) is 16.4 Å². The Hall–Kier alpha value is -2.08. The molecule has 2 aromatic heterocycles. The second-order valence-electron chi connectivity index (χ2n) is 6.05. The molecule has 2 aromatic carbocycles. The first-order valence-corrected chi connectivity index (χ1v) is 10.00. The van der Waals surface area contributed by atoms with Gasteiger partial charge < -0.3 is 0 Å².